The summed E-state index contributed by atoms with van der Waals surface area (Å²) in [7, 11) is 0. The van der Waals surface area contributed by atoms with E-state index in [1.54, 1.807) is 0 Å². The monoisotopic (exact) mass is 269 g/mol. The van der Waals surface area contributed by atoms with Crippen LogP contribution in [0.4, 0.5) is 0 Å². The largest absolute Gasteiger partial charge is 0.388 e. The summed E-state index contributed by atoms with van der Waals surface area (Å²) < 4.78 is 0. The number of nitrogens with two attached hydrogens (primary N) is 1. The van der Waals surface area contributed by atoms with Gasteiger partial charge in [-0.2, -0.15) is 0 Å². The molecule has 1 fully saturated rings. The van der Waals surface area contributed by atoms with E-state index in [9.17, 15) is 14.7 Å². The maximum absolute atomic E-state index is 11.8. The molecule has 18 heavy (non-hydrogen) atoms. The number of aromatic nitrogens is 1. The molecule has 6 nitrogen and oxygen atoms in total. The molecule has 0 spiro atoms. The van der Waals surface area contributed by atoms with E-state index in [0.717, 1.165) is 11.3 Å². The van der Waals surface area contributed by atoms with E-state index in [0.29, 0.717) is 24.1 Å². The van der Waals surface area contributed by atoms with Crippen LogP contribution in [0, 0.1) is 0 Å². The summed E-state index contributed by atoms with van der Waals surface area (Å²) >= 11 is 1.16. The first kappa shape index (κ1) is 13.0. The first-order chi connectivity index (χ1) is 8.45. The average molecular weight is 269 g/mol. The lowest BCUT2D eigenvalue weighted by Crippen LogP contribution is -2.33. The number of hydrogen-bond donors (Lipinski definition) is 3. The third-order valence-electron chi connectivity index (χ3n) is 2.85. The molecule has 1 aliphatic carbocycles. The third kappa shape index (κ3) is 2.68. The van der Waals surface area contributed by atoms with Crippen molar-refractivity contribution in [1.82, 2.24) is 10.3 Å². The summed E-state index contributed by atoms with van der Waals surface area (Å²) in [5.41, 5.74) is 4.61. The van der Waals surface area contributed by atoms with Crippen LogP contribution >= 0.6 is 11.3 Å². The average Bonchev–Trinajstić information content (AvgIpc) is 2.92. The highest BCUT2D eigenvalue weighted by atomic mass is 32.1. The number of primary amides is 1. The van der Waals surface area contributed by atoms with Crippen LogP contribution < -0.4 is 11.1 Å². The van der Waals surface area contributed by atoms with Gasteiger partial charge in [0.1, 0.15) is 5.69 Å². The highest BCUT2D eigenvalue weighted by molar-refractivity contribution is 7.13. The molecule has 2 amide bonds. The maximum Gasteiger partial charge on any atom is 0.280 e. The number of hydrogen-bond acceptors (Lipinski definition) is 5. The lowest BCUT2D eigenvalue weighted by atomic mass is 10.3. The minimum Gasteiger partial charge on any atom is -0.388 e. The molecule has 0 aliphatic heterocycles. The maximum atomic E-state index is 11.8. The number of nitrogens with zero attached hydrogens (tertiary/aromatic N) is 1. The molecule has 0 unspecified atom stereocenters. The third-order valence-corrected chi connectivity index (χ3v) is 4.05. The number of thiazole rings is 1. The van der Waals surface area contributed by atoms with Crippen LogP contribution in [0.1, 0.15) is 44.9 Å². The standard InChI is InChI=1S/C11H15N3O3S/c1-2-6-7(8(12)15)14-10(18-6)9(16)13-5-11(17)3-4-11/h17H,2-5H2,1H3,(H2,12,15)(H,13,16). The van der Waals surface area contributed by atoms with Crippen molar-refractivity contribution in [2.24, 2.45) is 5.73 Å². The van der Waals surface area contributed by atoms with Crippen LogP contribution in [0.3, 0.4) is 0 Å². The Morgan fingerprint density at radius 1 is 1.56 bits per heavy atom. The topological polar surface area (TPSA) is 105 Å². The Labute approximate surface area is 108 Å². The van der Waals surface area contributed by atoms with Crippen LogP contribution in [0.2, 0.25) is 0 Å². The van der Waals surface area contributed by atoms with E-state index in [1.165, 1.54) is 0 Å². The smallest absolute Gasteiger partial charge is 0.280 e. The molecule has 1 aliphatic rings. The second-order valence-electron chi connectivity index (χ2n) is 4.42. The molecular weight excluding hydrogens is 254 g/mol. The number of rotatable bonds is 5. The van der Waals surface area contributed by atoms with Crippen molar-refractivity contribution in [2.75, 3.05) is 6.54 Å². The minimum atomic E-state index is -0.743. The molecule has 0 aromatic carbocycles. The van der Waals surface area contributed by atoms with E-state index < -0.39 is 11.5 Å². The molecule has 7 heteroatoms. The normalized spacial score (nSPS) is 16.3. The van der Waals surface area contributed by atoms with Crippen LogP contribution in [0.25, 0.3) is 0 Å². The van der Waals surface area contributed by atoms with Gasteiger partial charge >= 0.3 is 0 Å². The van der Waals surface area contributed by atoms with Crippen LogP contribution in [-0.4, -0.2) is 34.1 Å². The number of carbonyl (C=O) groups excluding carboxylic acids is 2. The van der Waals surface area contributed by atoms with Gasteiger partial charge in [0.05, 0.1) is 5.60 Å². The minimum absolute atomic E-state index is 0.165. The molecule has 0 bridgehead atoms. The quantitative estimate of drug-likeness (QED) is 0.702. The van der Waals surface area contributed by atoms with Gasteiger partial charge in [0, 0.05) is 11.4 Å². The number of aryl methyl sites for hydroxylation is 1. The highest BCUT2D eigenvalue weighted by Gasteiger charge is 2.40. The fraction of sp³-hybridized carbons (Fsp3) is 0.545. The van der Waals surface area contributed by atoms with Gasteiger partial charge in [-0.25, -0.2) is 4.98 Å². The Morgan fingerprint density at radius 2 is 2.22 bits per heavy atom. The zero-order valence-corrected chi connectivity index (χ0v) is 10.8. The first-order valence-electron chi connectivity index (χ1n) is 5.75. The number of carbonyl (C=O) groups is 2. The Kier molecular flexibility index (Phi) is 3.36. The van der Waals surface area contributed by atoms with Crippen molar-refractivity contribution in [1.29, 1.82) is 0 Å². The summed E-state index contributed by atoms with van der Waals surface area (Å²) in [4.78, 5) is 27.6. The van der Waals surface area contributed by atoms with Crippen molar-refractivity contribution in [3.8, 4) is 0 Å². The summed E-state index contributed by atoms with van der Waals surface area (Å²) in [6.45, 7) is 2.09. The Morgan fingerprint density at radius 3 is 2.67 bits per heavy atom. The van der Waals surface area contributed by atoms with Crippen LogP contribution in [0.15, 0.2) is 0 Å². The number of aliphatic hydroxyl groups is 1. The van der Waals surface area contributed by atoms with Crippen molar-refractivity contribution >= 4 is 23.2 Å². The van der Waals surface area contributed by atoms with Crippen molar-refractivity contribution < 1.29 is 14.7 Å². The van der Waals surface area contributed by atoms with Gasteiger partial charge in [0.25, 0.3) is 11.8 Å². The second kappa shape index (κ2) is 4.66. The number of nitrogens with one attached hydrogen (secondary N) is 1. The fourth-order valence-corrected chi connectivity index (χ4v) is 2.44. The van der Waals surface area contributed by atoms with E-state index >= 15 is 0 Å². The molecule has 1 heterocycles. The molecule has 2 rings (SSSR count). The zero-order valence-electron chi connectivity index (χ0n) is 10.0. The lowest BCUT2D eigenvalue weighted by Gasteiger charge is -2.07. The molecule has 1 aromatic heterocycles. The van der Waals surface area contributed by atoms with Crippen molar-refractivity contribution in [2.45, 2.75) is 31.8 Å². The fourth-order valence-electron chi connectivity index (χ4n) is 1.52. The summed E-state index contributed by atoms with van der Waals surface area (Å²) in [5, 5.41) is 12.4. The predicted octanol–water partition coefficient (Wildman–Crippen LogP) is 0.0591. The van der Waals surface area contributed by atoms with Gasteiger partial charge in [-0.1, -0.05) is 6.92 Å². The van der Waals surface area contributed by atoms with Crippen LogP contribution in [0.5, 0.6) is 0 Å². The molecular formula is C11H15N3O3S. The Bertz CT molecular complexity index is 494. The summed E-state index contributed by atoms with van der Waals surface area (Å²) in [6, 6.07) is 0. The van der Waals surface area contributed by atoms with Crippen molar-refractivity contribution in [3.63, 3.8) is 0 Å². The molecule has 1 saturated carbocycles. The van der Waals surface area contributed by atoms with Gasteiger partial charge in [0.15, 0.2) is 5.01 Å². The Balaban J connectivity index is 2.07. The summed E-state index contributed by atoms with van der Waals surface area (Å²) in [5.74, 6) is -0.995. The predicted molar refractivity (Wildman–Crippen MR) is 66.5 cm³/mol. The van der Waals surface area contributed by atoms with Gasteiger partial charge < -0.3 is 16.2 Å². The van der Waals surface area contributed by atoms with Gasteiger partial charge in [-0.15, -0.1) is 11.3 Å². The van der Waals surface area contributed by atoms with Crippen molar-refractivity contribution in [3.05, 3.63) is 15.6 Å². The highest BCUT2D eigenvalue weighted by Crippen LogP contribution is 2.34. The molecule has 1 aromatic rings. The molecule has 0 radical (unpaired) electrons. The van der Waals surface area contributed by atoms with Gasteiger partial charge in [-0.3, -0.25) is 9.59 Å². The second-order valence-corrected chi connectivity index (χ2v) is 5.50. The van der Waals surface area contributed by atoms with E-state index in [1.807, 2.05) is 6.92 Å². The Hall–Kier alpha value is -1.47. The molecule has 4 N–H and O–H groups in total. The summed E-state index contributed by atoms with van der Waals surface area (Å²) in [6.07, 6.45) is 2.02. The van der Waals surface area contributed by atoms with Crippen LogP contribution in [-0.2, 0) is 6.42 Å². The van der Waals surface area contributed by atoms with E-state index in [-0.39, 0.29) is 23.2 Å². The number of amides is 2. The SMILES string of the molecule is CCc1sc(C(=O)NCC2(O)CC2)nc1C(N)=O. The van der Waals surface area contributed by atoms with Gasteiger partial charge in [-0.05, 0) is 19.3 Å². The van der Waals surface area contributed by atoms with Gasteiger partial charge in [0.2, 0.25) is 0 Å². The molecule has 0 saturated heterocycles. The first-order valence-corrected chi connectivity index (χ1v) is 6.57. The zero-order chi connectivity index (χ0) is 13.3. The van der Waals surface area contributed by atoms with E-state index in [2.05, 4.69) is 10.3 Å². The molecule has 98 valence electrons. The lowest BCUT2D eigenvalue weighted by molar-refractivity contribution is 0.0895. The van der Waals surface area contributed by atoms with E-state index in [4.69, 9.17) is 5.73 Å². The molecule has 0 atom stereocenters.